The third kappa shape index (κ3) is 4.85. The Labute approximate surface area is 203 Å². The Balaban J connectivity index is 1.43. The molecule has 3 aromatic heterocycles. The van der Waals surface area contributed by atoms with Gasteiger partial charge < -0.3 is 9.09 Å². The van der Waals surface area contributed by atoms with E-state index in [2.05, 4.69) is 38.7 Å². The van der Waals surface area contributed by atoms with Gasteiger partial charge in [-0.05, 0) is 55.0 Å². The first kappa shape index (κ1) is 22.9. The van der Waals surface area contributed by atoms with Crippen molar-refractivity contribution in [3.05, 3.63) is 102 Å². The average molecular weight is 493 g/mol. The third-order valence-electron chi connectivity index (χ3n) is 5.44. The highest BCUT2D eigenvalue weighted by Gasteiger charge is 2.30. The minimum absolute atomic E-state index is 0.124. The standard InChI is InChI=1S/C26H19F3N4OS/c1-17-5-2-3-8-21(17)33-22(18-11-13-30-14-12-18)9-10-24(33)35-16-23-31-25(32-34-23)19-6-4-7-20(15-19)26(27,28)29/h2-15H,16H2,1H3. The molecular weight excluding hydrogens is 473 g/mol. The van der Waals surface area contributed by atoms with Crippen LogP contribution < -0.4 is 0 Å². The van der Waals surface area contributed by atoms with Crippen LogP contribution in [0.5, 0.6) is 0 Å². The van der Waals surface area contributed by atoms with Gasteiger partial charge in [0.2, 0.25) is 11.7 Å². The lowest BCUT2D eigenvalue weighted by molar-refractivity contribution is -0.137. The number of nitrogens with zero attached hydrogens (tertiary/aromatic N) is 4. The maximum Gasteiger partial charge on any atom is 0.416 e. The van der Waals surface area contributed by atoms with Gasteiger partial charge >= 0.3 is 6.18 Å². The molecule has 0 atom stereocenters. The van der Waals surface area contributed by atoms with Crippen molar-refractivity contribution in [2.24, 2.45) is 0 Å². The van der Waals surface area contributed by atoms with Crippen LogP contribution in [0.3, 0.4) is 0 Å². The molecule has 0 spiro atoms. The van der Waals surface area contributed by atoms with E-state index in [0.29, 0.717) is 11.6 Å². The van der Waals surface area contributed by atoms with Crippen molar-refractivity contribution < 1.29 is 17.7 Å². The third-order valence-corrected chi connectivity index (χ3v) is 6.44. The molecule has 0 aliphatic heterocycles. The SMILES string of the molecule is Cc1ccccc1-n1c(SCc2nc(-c3cccc(C(F)(F)F)c3)no2)ccc1-c1ccncc1. The fourth-order valence-electron chi connectivity index (χ4n) is 3.74. The molecular formula is C26H19F3N4OS. The van der Waals surface area contributed by atoms with E-state index in [1.165, 1.54) is 23.9 Å². The molecule has 5 nitrogen and oxygen atoms in total. The van der Waals surface area contributed by atoms with E-state index in [0.717, 1.165) is 39.7 Å². The van der Waals surface area contributed by atoms with Crippen LogP contribution in [0.4, 0.5) is 13.2 Å². The normalized spacial score (nSPS) is 11.7. The molecule has 0 N–H and O–H groups in total. The van der Waals surface area contributed by atoms with E-state index in [4.69, 9.17) is 4.52 Å². The molecule has 2 aromatic carbocycles. The van der Waals surface area contributed by atoms with E-state index < -0.39 is 11.7 Å². The topological polar surface area (TPSA) is 56.7 Å². The molecule has 3 heterocycles. The fourth-order valence-corrected chi connectivity index (χ4v) is 4.62. The zero-order chi connectivity index (χ0) is 24.4. The van der Waals surface area contributed by atoms with Crippen molar-refractivity contribution in [3.63, 3.8) is 0 Å². The Kier molecular flexibility index (Phi) is 6.17. The van der Waals surface area contributed by atoms with Gasteiger partial charge in [0, 0.05) is 29.2 Å². The van der Waals surface area contributed by atoms with Crippen LogP contribution in [-0.2, 0) is 11.9 Å². The molecule has 0 aliphatic rings. The largest absolute Gasteiger partial charge is 0.416 e. The van der Waals surface area contributed by atoms with Crippen LogP contribution in [-0.4, -0.2) is 19.7 Å². The minimum Gasteiger partial charge on any atom is -0.338 e. The average Bonchev–Trinajstić information content (AvgIpc) is 3.50. The van der Waals surface area contributed by atoms with Crippen molar-refractivity contribution in [1.82, 2.24) is 19.7 Å². The summed E-state index contributed by atoms with van der Waals surface area (Å²) >= 11 is 1.51. The molecule has 9 heteroatoms. The zero-order valence-electron chi connectivity index (χ0n) is 18.5. The molecule has 5 aromatic rings. The number of alkyl halides is 3. The summed E-state index contributed by atoms with van der Waals surface area (Å²) < 4.78 is 46.7. The van der Waals surface area contributed by atoms with E-state index in [-0.39, 0.29) is 11.4 Å². The Morgan fingerprint density at radius 2 is 1.71 bits per heavy atom. The van der Waals surface area contributed by atoms with Gasteiger partial charge in [-0.2, -0.15) is 18.2 Å². The van der Waals surface area contributed by atoms with Crippen LogP contribution >= 0.6 is 11.8 Å². The Morgan fingerprint density at radius 3 is 2.49 bits per heavy atom. The summed E-state index contributed by atoms with van der Waals surface area (Å²) in [5, 5.41) is 4.85. The van der Waals surface area contributed by atoms with Gasteiger partial charge in [-0.3, -0.25) is 4.98 Å². The zero-order valence-corrected chi connectivity index (χ0v) is 19.3. The highest BCUT2D eigenvalue weighted by Crippen LogP contribution is 2.35. The maximum absolute atomic E-state index is 13.1. The molecule has 0 radical (unpaired) electrons. The minimum atomic E-state index is -4.44. The number of hydrogen-bond donors (Lipinski definition) is 0. The molecule has 0 unspecified atom stereocenters. The lowest BCUT2D eigenvalue weighted by atomic mass is 10.1. The molecule has 35 heavy (non-hydrogen) atoms. The molecule has 0 fully saturated rings. The molecule has 176 valence electrons. The van der Waals surface area contributed by atoms with Crippen LogP contribution in [0.15, 0.2) is 94.7 Å². The van der Waals surface area contributed by atoms with Gasteiger partial charge in [-0.15, -0.1) is 0 Å². The maximum atomic E-state index is 13.1. The smallest absolute Gasteiger partial charge is 0.338 e. The number of hydrogen-bond acceptors (Lipinski definition) is 5. The monoisotopic (exact) mass is 492 g/mol. The highest BCUT2D eigenvalue weighted by molar-refractivity contribution is 7.98. The summed E-state index contributed by atoms with van der Waals surface area (Å²) in [6, 6.07) is 21.0. The van der Waals surface area contributed by atoms with E-state index in [1.807, 2.05) is 36.4 Å². The van der Waals surface area contributed by atoms with Crippen molar-refractivity contribution in [2.45, 2.75) is 23.9 Å². The van der Waals surface area contributed by atoms with Gasteiger partial charge in [-0.25, -0.2) is 0 Å². The first-order valence-corrected chi connectivity index (χ1v) is 11.7. The van der Waals surface area contributed by atoms with Crippen LogP contribution in [0.2, 0.25) is 0 Å². The van der Waals surface area contributed by atoms with Gasteiger partial charge in [0.1, 0.15) is 0 Å². The van der Waals surface area contributed by atoms with Crippen molar-refractivity contribution >= 4 is 11.8 Å². The van der Waals surface area contributed by atoms with Gasteiger partial charge in [0.05, 0.1) is 22.0 Å². The molecule has 0 saturated heterocycles. The second kappa shape index (κ2) is 9.42. The number of benzene rings is 2. The number of halogens is 3. The van der Waals surface area contributed by atoms with E-state index in [1.54, 1.807) is 12.4 Å². The summed E-state index contributed by atoms with van der Waals surface area (Å²) in [5.41, 5.74) is 3.70. The quantitative estimate of drug-likeness (QED) is 0.235. The molecule has 0 saturated carbocycles. The highest BCUT2D eigenvalue weighted by atomic mass is 32.2. The predicted molar refractivity (Wildman–Crippen MR) is 128 cm³/mol. The number of rotatable bonds is 6. The first-order valence-electron chi connectivity index (χ1n) is 10.7. The number of pyridine rings is 1. The van der Waals surface area contributed by atoms with Crippen LogP contribution in [0.25, 0.3) is 28.3 Å². The first-order chi connectivity index (χ1) is 16.9. The second-order valence-electron chi connectivity index (χ2n) is 7.79. The van der Waals surface area contributed by atoms with Gasteiger partial charge in [-0.1, -0.05) is 47.3 Å². The molecule has 5 rings (SSSR count). The Bertz CT molecular complexity index is 1460. The van der Waals surface area contributed by atoms with Crippen molar-refractivity contribution in [2.75, 3.05) is 0 Å². The van der Waals surface area contributed by atoms with Gasteiger partial charge in [0.15, 0.2) is 0 Å². The number of aromatic nitrogens is 4. The van der Waals surface area contributed by atoms with Gasteiger partial charge in [0.25, 0.3) is 0 Å². The van der Waals surface area contributed by atoms with E-state index in [9.17, 15) is 13.2 Å². The number of para-hydroxylation sites is 1. The van der Waals surface area contributed by atoms with Crippen LogP contribution in [0.1, 0.15) is 17.0 Å². The second-order valence-corrected chi connectivity index (χ2v) is 8.79. The molecule has 0 amide bonds. The lowest BCUT2D eigenvalue weighted by Crippen LogP contribution is -2.04. The fraction of sp³-hybridized carbons (Fsp3) is 0.115. The lowest BCUT2D eigenvalue weighted by Gasteiger charge is -2.15. The Hall–Kier alpha value is -3.85. The summed E-state index contributed by atoms with van der Waals surface area (Å²) in [7, 11) is 0. The number of aryl methyl sites for hydroxylation is 1. The molecule has 0 aliphatic carbocycles. The molecule has 0 bridgehead atoms. The summed E-state index contributed by atoms with van der Waals surface area (Å²) in [4.78, 5) is 8.44. The summed E-state index contributed by atoms with van der Waals surface area (Å²) in [5.74, 6) is 0.807. The summed E-state index contributed by atoms with van der Waals surface area (Å²) in [6.45, 7) is 2.06. The predicted octanol–water partition coefficient (Wildman–Crippen LogP) is 7.21. The number of thioether (sulfide) groups is 1. The Morgan fingerprint density at radius 1 is 0.914 bits per heavy atom. The van der Waals surface area contributed by atoms with E-state index >= 15 is 0 Å². The van der Waals surface area contributed by atoms with Crippen molar-refractivity contribution in [3.8, 4) is 28.3 Å². The van der Waals surface area contributed by atoms with Crippen LogP contribution in [0, 0.1) is 6.92 Å². The van der Waals surface area contributed by atoms with Crippen molar-refractivity contribution in [1.29, 1.82) is 0 Å². The summed E-state index contributed by atoms with van der Waals surface area (Å²) in [6.07, 6.45) is -0.928.